The number of benzene rings is 2. The summed E-state index contributed by atoms with van der Waals surface area (Å²) in [6, 6.07) is 10.2. The molecule has 0 spiro atoms. The maximum Gasteiger partial charge on any atom is 0.257 e. The van der Waals surface area contributed by atoms with Crippen molar-refractivity contribution in [3.63, 3.8) is 0 Å². The summed E-state index contributed by atoms with van der Waals surface area (Å²) < 4.78 is 12.3. The Morgan fingerprint density at radius 2 is 1.12 bits per heavy atom. The number of nitrogens with one attached hydrogen (secondary N) is 2. The fraction of sp³-hybridized carbons (Fsp3) is 0.364. The van der Waals surface area contributed by atoms with Crippen molar-refractivity contribution >= 4 is 66.9 Å². The molecule has 0 aromatic heterocycles. The van der Waals surface area contributed by atoms with E-state index in [1.807, 2.05) is 0 Å². The van der Waals surface area contributed by atoms with E-state index < -0.39 is 0 Å². The maximum absolute atomic E-state index is 11.9. The Labute approximate surface area is 214 Å². The third-order valence-corrected chi connectivity index (χ3v) is 5.96. The summed E-state index contributed by atoms with van der Waals surface area (Å²) in [5.74, 6) is 0.786. The molecule has 0 atom stereocenters. The van der Waals surface area contributed by atoms with Crippen LogP contribution >= 0.6 is 55.1 Å². The summed E-state index contributed by atoms with van der Waals surface area (Å²) >= 11 is 18.4. The van der Waals surface area contributed by atoms with Gasteiger partial charge in [-0.25, -0.2) is 0 Å². The molecule has 0 bridgehead atoms. The van der Waals surface area contributed by atoms with E-state index in [0.29, 0.717) is 43.6 Å². The zero-order valence-corrected chi connectivity index (χ0v) is 21.9. The van der Waals surface area contributed by atoms with Crippen molar-refractivity contribution in [1.82, 2.24) is 10.6 Å². The number of amides is 2. The molecule has 10 heteroatoms. The molecule has 32 heavy (non-hydrogen) atoms. The smallest absolute Gasteiger partial charge is 0.257 e. The number of carbonyl (C=O) groups excluding carboxylic acids is 2. The summed E-state index contributed by atoms with van der Waals surface area (Å²) in [6.45, 7) is 1.06. The first kappa shape index (κ1) is 26.8. The summed E-state index contributed by atoms with van der Waals surface area (Å²) in [6.07, 6.45) is 3.62. The lowest BCUT2D eigenvalue weighted by molar-refractivity contribution is -0.123. The molecule has 2 aromatic carbocycles. The Bertz CT molecular complexity index is 842. The van der Waals surface area contributed by atoms with Gasteiger partial charge in [-0.15, -0.1) is 0 Å². The molecule has 2 aromatic rings. The van der Waals surface area contributed by atoms with E-state index in [-0.39, 0.29) is 25.0 Å². The Morgan fingerprint density at radius 3 is 1.50 bits per heavy atom. The van der Waals surface area contributed by atoms with Gasteiger partial charge in [0.2, 0.25) is 0 Å². The van der Waals surface area contributed by atoms with Gasteiger partial charge in [0.1, 0.15) is 11.5 Å². The second-order valence-corrected chi connectivity index (χ2v) is 9.42. The second-order valence-electron chi connectivity index (χ2n) is 6.84. The van der Waals surface area contributed by atoms with Crippen LogP contribution < -0.4 is 20.1 Å². The molecule has 2 N–H and O–H groups in total. The Morgan fingerprint density at radius 1 is 0.719 bits per heavy atom. The van der Waals surface area contributed by atoms with Crippen LogP contribution in [0.5, 0.6) is 11.5 Å². The van der Waals surface area contributed by atoms with Gasteiger partial charge < -0.3 is 20.1 Å². The van der Waals surface area contributed by atoms with Crippen LogP contribution in [-0.4, -0.2) is 38.1 Å². The van der Waals surface area contributed by atoms with Crippen LogP contribution in [-0.2, 0) is 9.59 Å². The monoisotopic (exact) mass is 608 g/mol. The molecule has 0 fully saturated rings. The van der Waals surface area contributed by atoms with Gasteiger partial charge in [0, 0.05) is 23.1 Å². The molecule has 2 amide bonds. The summed E-state index contributed by atoms with van der Waals surface area (Å²) in [5, 5.41) is 6.84. The lowest BCUT2D eigenvalue weighted by Gasteiger charge is -2.10. The number of hydrogen-bond donors (Lipinski definition) is 2. The fourth-order valence-corrected chi connectivity index (χ4v) is 4.23. The quantitative estimate of drug-likeness (QED) is 0.283. The lowest BCUT2D eigenvalue weighted by Crippen LogP contribution is -2.30. The molecule has 0 radical (unpaired) electrons. The van der Waals surface area contributed by atoms with Gasteiger partial charge in [-0.1, -0.05) is 36.0 Å². The van der Waals surface area contributed by atoms with Crippen LogP contribution in [0.25, 0.3) is 0 Å². The van der Waals surface area contributed by atoms with Crippen molar-refractivity contribution in [1.29, 1.82) is 0 Å². The third kappa shape index (κ3) is 10.4. The van der Waals surface area contributed by atoms with E-state index in [2.05, 4.69) is 42.5 Å². The molecule has 0 unspecified atom stereocenters. The number of hydrogen-bond acceptors (Lipinski definition) is 4. The zero-order chi connectivity index (χ0) is 23.3. The van der Waals surface area contributed by atoms with E-state index in [9.17, 15) is 9.59 Å². The molecular weight excluding hydrogens is 587 g/mol. The van der Waals surface area contributed by atoms with E-state index in [1.165, 1.54) is 0 Å². The molecule has 0 aliphatic rings. The highest BCUT2D eigenvalue weighted by molar-refractivity contribution is 9.10. The Hall–Kier alpha value is -1.48. The second kappa shape index (κ2) is 14.6. The number of unbranched alkanes of at least 4 members (excludes halogenated alkanes) is 3. The highest BCUT2D eigenvalue weighted by Crippen LogP contribution is 2.28. The van der Waals surface area contributed by atoms with Gasteiger partial charge in [-0.2, -0.15) is 0 Å². The van der Waals surface area contributed by atoms with E-state index in [4.69, 9.17) is 32.7 Å². The van der Waals surface area contributed by atoms with E-state index in [0.717, 1.165) is 25.7 Å². The molecule has 6 nitrogen and oxygen atoms in total. The average Bonchev–Trinajstić information content (AvgIpc) is 2.74. The number of ether oxygens (including phenoxy) is 2. The van der Waals surface area contributed by atoms with Gasteiger partial charge >= 0.3 is 0 Å². The minimum Gasteiger partial charge on any atom is -0.483 e. The molecule has 0 saturated carbocycles. The number of carbonyl (C=O) groups is 2. The maximum atomic E-state index is 11.9. The van der Waals surface area contributed by atoms with E-state index >= 15 is 0 Å². The largest absolute Gasteiger partial charge is 0.483 e. The van der Waals surface area contributed by atoms with Crippen molar-refractivity contribution in [3.8, 4) is 11.5 Å². The topological polar surface area (TPSA) is 76.7 Å². The van der Waals surface area contributed by atoms with Gasteiger partial charge in [-0.05, 0) is 81.1 Å². The molecule has 174 valence electrons. The fourth-order valence-electron chi connectivity index (χ4n) is 2.63. The molecule has 0 saturated heterocycles. The SMILES string of the molecule is O=C(COc1ccc(Cl)cc1Br)NCCCCCCNC(=O)COc1ccc(Cl)cc1Br. The summed E-state index contributed by atoms with van der Waals surface area (Å²) in [4.78, 5) is 23.7. The minimum absolute atomic E-state index is 0.0546. The molecule has 0 heterocycles. The Kier molecular flexibility index (Phi) is 12.2. The predicted molar refractivity (Wildman–Crippen MR) is 134 cm³/mol. The van der Waals surface area contributed by atoms with Crippen molar-refractivity contribution < 1.29 is 19.1 Å². The zero-order valence-electron chi connectivity index (χ0n) is 17.3. The van der Waals surface area contributed by atoms with Crippen molar-refractivity contribution in [2.24, 2.45) is 0 Å². The van der Waals surface area contributed by atoms with Crippen LogP contribution in [0.3, 0.4) is 0 Å². The lowest BCUT2D eigenvalue weighted by atomic mass is 10.2. The van der Waals surface area contributed by atoms with Crippen LogP contribution in [0.4, 0.5) is 0 Å². The number of halogens is 4. The van der Waals surface area contributed by atoms with Gasteiger partial charge in [0.25, 0.3) is 11.8 Å². The molecule has 0 aliphatic heterocycles. The Balaban J connectivity index is 1.46. The minimum atomic E-state index is -0.175. The van der Waals surface area contributed by atoms with E-state index in [1.54, 1.807) is 36.4 Å². The first-order valence-corrected chi connectivity index (χ1v) is 12.4. The van der Waals surface area contributed by atoms with Crippen molar-refractivity contribution in [2.75, 3.05) is 26.3 Å². The normalized spacial score (nSPS) is 10.5. The first-order chi connectivity index (χ1) is 15.3. The van der Waals surface area contributed by atoms with Crippen molar-refractivity contribution in [2.45, 2.75) is 25.7 Å². The standard InChI is InChI=1S/C22H24Br2Cl2N2O4/c23-17-11-15(25)5-7-19(17)31-13-21(29)27-9-3-1-2-4-10-28-22(30)14-32-20-8-6-16(26)12-18(20)24/h5-8,11-12H,1-4,9-10,13-14H2,(H,27,29)(H,28,30). The predicted octanol–water partition coefficient (Wildman–Crippen LogP) is 5.77. The number of rotatable bonds is 13. The average molecular weight is 611 g/mol. The van der Waals surface area contributed by atoms with Crippen LogP contribution in [0, 0.1) is 0 Å². The van der Waals surface area contributed by atoms with Crippen LogP contribution in [0.1, 0.15) is 25.7 Å². The molecular formula is C22H24Br2Cl2N2O4. The molecule has 2 rings (SSSR count). The van der Waals surface area contributed by atoms with Gasteiger partial charge in [0.15, 0.2) is 13.2 Å². The van der Waals surface area contributed by atoms with Crippen molar-refractivity contribution in [3.05, 3.63) is 55.4 Å². The van der Waals surface area contributed by atoms with Gasteiger partial charge in [-0.3, -0.25) is 9.59 Å². The molecule has 0 aliphatic carbocycles. The summed E-state index contributed by atoms with van der Waals surface area (Å²) in [5.41, 5.74) is 0. The first-order valence-electron chi connectivity index (χ1n) is 10.0. The highest BCUT2D eigenvalue weighted by Gasteiger charge is 2.07. The third-order valence-electron chi connectivity index (χ3n) is 4.25. The van der Waals surface area contributed by atoms with Gasteiger partial charge in [0.05, 0.1) is 8.95 Å². The van der Waals surface area contributed by atoms with Crippen LogP contribution in [0.15, 0.2) is 45.3 Å². The summed E-state index contributed by atoms with van der Waals surface area (Å²) in [7, 11) is 0. The van der Waals surface area contributed by atoms with Crippen LogP contribution in [0.2, 0.25) is 10.0 Å². The highest BCUT2D eigenvalue weighted by atomic mass is 79.9.